The van der Waals surface area contributed by atoms with Crippen LogP contribution in [0.25, 0.3) is 0 Å². The number of aryl methyl sites for hydroxylation is 1. The van der Waals surface area contributed by atoms with Crippen LogP contribution in [0, 0.1) is 6.92 Å². The Morgan fingerprint density at radius 3 is 2.71 bits per heavy atom. The summed E-state index contributed by atoms with van der Waals surface area (Å²) in [5, 5.41) is 2.53. The number of carbonyl (C=O) groups is 1. The highest BCUT2D eigenvalue weighted by Crippen LogP contribution is 2.24. The molecular weight excluding hydrogens is 292 g/mol. The summed E-state index contributed by atoms with van der Waals surface area (Å²) in [6.07, 6.45) is 1.52. The molecule has 0 aliphatic rings. The summed E-state index contributed by atoms with van der Waals surface area (Å²) in [5.41, 5.74) is 0.778. The summed E-state index contributed by atoms with van der Waals surface area (Å²) in [7, 11) is -2.46. The molecule has 1 atom stereocenters. The van der Waals surface area contributed by atoms with E-state index in [9.17, 15) is 13.2 Å². The third-order valence-corrected chi connectivity index (χ3v) is 4.32. The summed E-state index contributed by atoms with van der Waals surface area (Å²) >= 11 is 0. The maximum Gasteiger partial charge on any atom is 0.244 e. The van der Waals surface area contributed by atoms with E-state index < -0.39 is 22.0 Å². The van der Waals surface area contributed by atoms with Crippen molar-refractivity contribution >= 4 is 15.9 Å². The van der Waals surface area contributed by atoms with Crippen molar-refractivity contribution in [3.63, 3.8) is 0 Å². The molecule has 0 bridgehead atoms. The molecule has 0 aromatic heterocycles. The van der Waals surface area contributed by atoms with E-state index in [1.807, 2.05) is 0 Å². The van der Waals surface area contributed by atoms with Crippen LogP contribution in [-0.4, -0.2) is 34.0 Å². The molecule has 1 rings (SSSR count). The molecule has 7 heteroatoms. The predicted molar refractivity (Wildman–Crippen MR) is 80.7 cm³/mol. The zero-order valence-electron chi connectivity index (χ0n) is 12.3. The molecule has 1 aromatic rings. The van der Waals surface area contributed by atoms with Gasteiger partial charge in [0.15, 0.2) is 0 Å². The lowest BCUT2D eigenvalue weighted by molar-refractivity contribution is -0.122. The Balaban J connectivity index is 2.99. The van der Waals surface area contributed by atoms with Crippen molar-refractivity contribution in [2.24, 2.45) is 0 Å². The third kappa shape index (κ3) is 4.57. The lowest BCUT2D eigenvalue weighted by Gasteiger charge is -2.15. The Hall–Kier alpha value is -1.86. The first-order valence-corrected chi connectivity index (χ1v) is 7.85. The fourth-order valence-electron chi connectivity index (χ4n) is 1.67. The Labute approximate surface area is 125 Å². The molecule has 0 fully saturated rings. The van der Waals surface area contributed by atoms with E-state index in [0.717, 1.165) is 5.56 Å². The van der Waals surface area contributed by atoms with Crippen molar-refractivity contribution in [3.8, 4) is 5.75 Å². The Bertz CT molecular complexity index is 626. The zero-order valence-corrected chi connectivity index (χ0v) is 13.2. The van der Waals surface area contributed by atoms with Gasteiger partial charge in [-0.15, -0.1) is 6.58 Å². The second-order valence-corrected chi connectivity index (χ2v) is 6.21. The lowest BCUT2D eigenvalue weighted by atomic mass is 10.2. The summed E-state index contributed by atoms with van der Waals surface area (Å²) in [6, 6.07) is 3.92. The first-order chi connectivity index (χ1) is 9.81. The van der Waals surface area contributed by atoms with Gasteiger partial charge in [-0.2, -0.15) is 4.72 Å². The molecule has 21 heavy (non-hydrogen) atoms. The number of benzene rings is 1. The molecule has 0 unspecified atom stereocenters. The smallest absolute Gasteiger partial charge is 0.244 e. The van der Waals surface area contributed by atoms with E-state index in [1.54, 1.807) is 19.1 Å². The van der Waals surface area contributed by atoms with Crippen LogP contribution in [-0.2, 0) is 14.8 Å². The molecule has 1 aromatic carbocycles. The van der Waals surface area contributed by atoms with Gasteiger partial charge in [0.25, 0.3) is 0 Å². The highest BCUT2D eigenvalue weighted by molar-refractivity contribution is 7.89. The molecule has 2 N–H and O–H groups in total. The van der Waals surface area contributed by atoms with E-state index in [2.05, 4.69) is 16.6 Å². The molecule has 0 saturated carbocycles. The van der Waals surface area contributed by atoms with Crippen molar-refractivity contribution in [1.29, 1.82) is 0 Å². The normalized spacial score (nSPS) is 12.5. The topological polar surface area (TPSA) is 84.5 Å². The monoisotopic (exact) mass is 312 g/mol. The van der Waals surface area contributed by atoms with Gasteiger partial charge in [-0.1, -0.05) is 12.1 Å². The first kappa shape index (κ1) is 17.2. The van der Waals surface area contributed by atoms with Crippen LogP contribution in [0.15, 0.2) is 35.7 Å². The van der Waals surface area contributed by atoms with Gasteiger partial charge in [0.2, 0.25) is 15.9 Å². The molecule has 0 spiro atoms. The molecular formula is C14H20N2O4S. The Kier molecular flexibility index (Phi) is 5.92. The number of carbonyl (C=O) groups excluding carboxylic acids is 1. The quantitative estimate of drug-likeness (QED) is 0.735. The minimum atomic E-state index is -3.86. The minimum Gasteiger partial charge on any atom is -0.495 e. The standard InChI is InChI=1S/C14H20N2O4S/c1-5-8-15-14(17)11(3)16-21(18,19)13-9-10(2)6-7-12(13)20-4/h5-7,9,11,16H,1,8H2,2-4H3,(H,15,17)/t11-/m1/s1. The van der Waals surface area contributed by atoms with Crippen LogP contribution < -0.4 is 14.8 Å². The second kappa shape index (κ2) is 7.24. The van der Waals surface area contributed by atoms with Gasteiger partial charge in [-0.25, -0.2) is 8.42 Å². The number of hydrogen-bond donors (Lipinski definition) is 2. The van der Waals surface area contributed by atoms with Crippen LogP contribution in [0.4, 0.5) is 0 Å². The highest BCUT2D eigenvalue weighted by Gasteiger charge is 2.24. The molecule has 0 aliphatic carbocycles. The average molecular weight is 312 g/mol. The van der Waals surface area contributed by atoms with E-state index in [0.29, 0.717) is 0 Å². The van der Waals surface area contributed by atoms with Crippen molar-refractivity contribution < 1.29 is 17.9 Å². The maximum atomic E-state index is 12.4. The fourth-order valence-corrected chi connectivity index (χ4v) is 3.13. The average Bonchev–Trinajstić information content (AvgIpc) is 2.44. The van der Waals surface area contributed by atoms with Gasteiger partial charge in [0.05, 0.1) is 13.2 Å². The Morgan fingerprint density at radius 2 is 2.14 bits per heavy atom. The predicted octanol–water partition coefficient (Wildman–Crippen LogP) is 0.973. The number of sulfonamides is 1. The zero-order chi connectivity index (χ0) is 16.0. The van der Waals surface area contributed by atoms with Crippen LogP contribution in [0.2, 0.25) is 0 Å². The van der Waals surface area contributed by atoms with Gasteiger partial charge in [-0.3, -0.25) is 4.79 Å². The first-order valence-electron chi connectivity index (χ1n) is 6.37. The molecule has 116 valence electrons. The second-order valence-electron chi connectivity index (χ2n) is 4.53. The molecule has 1 amide bonds. The number of methoxy groups -OCH3 is 1. The van der Waals surface area contributed by atoms with E-state index in [1.165, 1.54) is 26.2 Å². The fraction of sp³-hybridized carbons (Fsp3) is 0.357. The molecule has 6 nitrogen and oxygen atoms in total. The molecule has 0 heterocycles. The lowest BCUT2D eigenvalue weighted by Crippen LogP contribution is -2.44. The maximum absolute atomic E-state index is 12.4. The SMILES string of the molecule is C=CCNC(=O)[C@@H](C)NS(=O)(=O)c1cc(C)ccc1OC. The van der Waals surface area contributed by atoms with Crippen LogP contribution >= 0.6 is 0 Å². The van der Waals surface area contributed by atoms with Gasteiger partial charge in [-0.05, 0) is 31.5 Å². The number of hydrogen-bond acceptors (Lipinski definition) is 4. The van der Waals surface area contributed by atoms with E-state index >= 15 is 0 Å². The van der Waals surface area contributed by atoms with Crippen molar-refractivity contribution in [2.75, 3.05) is 13.7 Å². The largest absolute Gasteiger partial charge is 0.495 e. The number of rotatable bonds is 7. The minimum absolute atomic E-state index is 0.00775. The third-order valence-electron chi connectivity index (χ3n) is 2.75. The summed E-state index contributed by atoms with van der Waals surface area (Å²) < 4.78 is 32.1. The van der Waals surface area contributed by atoms with Crippen molar-refractivity contribution in [1.82, 2.24) is 10.0 Å². The van der Waals surface area contributed by atoms with E-state index in [4.69, 9.17) is 4.74 Å². The van der Waals surface area contributed by atoms with Gasteiger partial charge < -0.3 is 10.1 Å². The van der Waals surface area contributed by atoms with Crippen LogP contribution in [0.1, 0.15) is 12.5 Å². The summed E-state index contributed by atoms with van der Waals surface area (Å²) in [5.74, 6) is -0.197. The van der Waals surface area contributed by atoms with Gasteiger partial charge >= 0.3 is 0 Å². The number of ether oxygens (including phenoxy) is 1. The molecule has 0 aliphatic heterocycles. The van der Waals surface area contributed by atoms with Gasteiger partial charge in [0, 0.05) is 6.54 Å². The summed E-state index contributed by atoms with van der Waals surface area (Å²) in [4.78, 5) is 11.7. The van der Waals surface area contributed by atoms with Crippen LogP contribution in [0.5, 0.6) is 5.75 Å². The summed E-state index contributed by atoms with van der Waals surface area (Å²) in [6.45, 7) is 7.00. The number of amides is 1. The van der Waals surface area contributed by atoms with Crippen molar-refractivity contribution in [3.05, 3.63) is 36.4 Å². The van der Waals surface area contributed by atoms with E-state index in [-0.39, 0.29) is 17.2 Å². The molecule has 0 radical (unpaired) electrons. The van der Waals surface area contributed by atoms with Crippen molar-refractivity contribution in [2.45, 2.75) is 24.8 Å². The van der Waals surface area contributed by atoms with Gasteiger partial charge in [0.1, 0.15) is 10.6 Å². The Morgan fingerprint density at radius 1 is 1.48 bits per heavy atom. The van der Waals surface area contributed by atoms with Crippen LogP contribution in [0.3, 0.4) is 0 Å². The highest BCUT2D eigenvalue weighted by atomic mass is 32.2. The number of nitrogens with one attached hydrogen (secondary N) is 2. The molecule has 0 saturated heterocycles.